The molecule has 3 N–H and O–H groups in total. The molecule has 0 heterocycles. The molecule has 6 rings (SSSR count). The van der Waals surface area contributed by atoms with Gasteiger partial charge in [0, 0.05) is 44.0 Å². The molecule has 0 atom stereocenters. The highest BCUT2D eigenvalue weighted by atomic mass is 32.2. The second-order valence-corrected chi connectivity index (χ2v) is 46.0. The van der Waals surface area contributed by atoms with E-state index >= 15 is 0 Å². The molecule has 0 amide bonds. The van der Waals surface area contributed by atoms with Crippen molar-refractivity contribution in [2.75, 3.05) is 74.3 Å². The van der Waals surface area contributed by atoms with Crippen LogP contribution >= 0.6 is 11.8 Å². The number of thioether (sulfide) groups is 1. The first-order valence-corrected chi connectivity index (χ1v) is 49.3. The second kappa shape index (κ2) is 41.1. The molecule has 0 aliphatic heterocycles. The van der Waals surface area contributed by atoms with Gasteiger partial charge in [-0.15, -0.1) is 0 Å². The summed E-state index contributed by atoms with van der Waals surface area (Å²) >= 11 is 1.64. The Kier molecular flexibility index (Phi) is 35.9. The maximum absolute atomic E-state index is 12.6. The lowest BCUT2D eigenvalue weighted by Gasteiger charge is -2.34. The smallest absolute Gasteiger partial charge is 0.233 e. The molecule has 0 aliphatic rings. The number of aryl methyl sites for hydroxylation is 6. The van der Waals surface area contributed by atoms with Gasteiger partial charge in [0.15, 0.2) is 37.0 Å². The third kappa shape index (κ3) is 27.7. The van der Waals surface area contributed by atoms with E-state index in [9.17, 15) is 56.5 Å². The fraction of sp³-hybridized carbons (Fsp3) is 0.562. The number of rotatable bonds is 39. The normalized spacial score (nSPS) is 12.8. The standard InChI is InChI=1S/C30H45NO6S2.C30H45NO4S2.C29H43NO6S2/c1-10-30(11-2,25-13-15-27(23(6)19-25)37-20-28(32)29(7,8)9)24-12-14-26(22(5)18-24)31-39(35,36)17-16-38(33,34)21(3)4;1-10-30(11-2,25-13-15-27(23(6)19-25)35-20-28(32)29(7,8)9)24-12-14-26(22(5)18-24)31-37(33,34)17-16-36-21(3)4;1-9-29(10-2,24-13-15-26(22(5)19-24)36-20-27(31)28(6,7)8)23-12-14-25(21(4)18-23)30-38(34,35)17-16-37(32,33)11-3/h12-15,18-19,21,31H,10-11,16-17,20H2,1-9H3;12-15,18-19,21,31H,10-11,16-17,20H2,1-9H3;12-15,18-19,30H,9-11,16-17,20H2,1-8H3. The molecular formula is C89H133N3O16S6. The van der Waals surface area contributed by atoms with Crippen molar-refractivity contribution in [3.8, 4) is 17.2 Å². The zero-order valence-corrected chi connectivity index (χ0v) is 77.7. The van der Waals surface area contributed by atoms with Crippen LogP contribution in [0.4, 0.5) is 17.1 Å². The van der Waals surface area contributed by atoms with Crippen LogP contribution in [0.15, 0.2) is 109 Å². The zero-order valence-electron chi connectivity index (χ0n) is 72.8. The Morgan fingerprint density at radius 2 is 0.596 bits per heavy atom. The number of ketones is 3. The first kappa shape index (κ1) is 99.6. The van der Waals surface area contributed by atoms with Gasteiger partial charge in [-0.2, -0.15) is 11.8 Å². The molecule has 0 aromatic heterocycles. The Hall–Kier alpha value is -6.77. The molecule has 6 aromatic carbocycles. The highest BCUT2D eigenvalue weighted by Crippen LogP contribution is 2.45. The number of carbonyl (C=O) groups excluding carboxylic acids is 3. The molecule has 0 fully saturated rings. The summed E-state index contributed by atoms with van der Waals surface area (Å²) in [6, 6.07) is 35.7. The molecule has 0 spiro atoms. The van der Waals surface area contributed by atoms with Crippen molar-refractivity contribution in [3.63, 3.8) is 0 Å². The summed E-state index contributed by atoms with van der Waals surface area (Å²) in [4.78, 5) is 36.9. The number of hydrogen-bond donors (Lipinski definition) is 3. The van der Waals surface area contributed by atoms with Crippen molar-refractivity contribution < 1.29 is 70.7 Å². The summed E-state index contributed by atoms with van der Waals surface area (Å²) in [7, 11) is -17.9. The van der Waals surface area contributed by atoms with E-state index in [2.05, 4.69) is 99.9 Å². The average Bonchev–Trinajstić information content (AvgIpc) is 0.779. The molecule has 0 unspecified atom stereocenters. The first-order valence-electron chi connectivity index (χ1n) is 39.7. The highest BCUT2D eigenvalue weighted by molar-refractivity contribution is 8.01. The fourth-order valence-corrected chi connectivity index (χ4v) is 21.4. The fourth-order valence-electron chi connectivity index (χ4n) is 13.2. The van der Waals surface area contributed by atoms with E-state index in [0.29, 0.717) is 39.6 Å². The van der Waals surface area contributed by atoms with Gasteiger partial charge < -0.3 is 14.2 Å². The van der Waals surface area contributed by atoms with Crippen LogP contribution < -0.4 is 28.4 Å². The number of sulfone groups is 2. The highest BCUT2D eigenvalue weighted by Gasteiger charge is 2.36. The average molecular weight is 1690 g/mol. The molecule has 0 bridgehead atoms. The van der Waals surface area contributed by atoms with Gasteiger partial charge in [0.1, 0.15) is 37.1 Å². The lowest BCUT2D eigenvalue weighted by molar-refractivity contribution is -0.129. The van der Waals surface area contributed by atoms with E-state index in [1.165, 1.54) is 12.5 Å². The van der Waals surface area contributed by atoms with Gasteiger partial charge in [0.05, 0.1) is 51.1 Å². The van der Waals surface area contributed by atoms with Crippen molar-refractivity contribution in [2.45, 2.75) is 245 Å². The third-order valence-corrected chi connectivity index (χ3v) is 31.4. The summed E-state index contributed by atoms with van der Waals surface area (Å²) in [5.41, 5.74) is 11.3. The van der Waals surface area contributed by atoms with Crippen LogP contribution in [0.3, 0.4) is 0 Å². The van der Waals surface area contributed by atoms with Crippen LogP contribution in [0.2, 0.25) is 0 Å². The predicted molar refractivity (Wildman–Crippen MR) is 474 cm³/mol. The van der Waals surface area contributed by atoms with E-state index in [1.54, 1.807) is 37.7 Å². The van der Waals surface area contributed by atoms with Crippen LogP contribution in [0.25, 0.3) is 0 Å². The number of anilines is 3. The SMILES string of the molecule is CCC(CC)(c1ccc(NS(=O)(=O)CCS(=O)(=O)C(C)C)c(C)c1)c1ccc(OCC(=O)C(C)(C)C)c(C)c1.CCC(CC)(c1ccc(NS(=O)(=O)CCS(=O)(=O)CC)c(C)c1)c1ccc(OCC(=O)C(C)(C)C)c(C)c1.CCC(CC)(c1ccc(NS(=O)(=O)CCSC(C)C)c(C)c1)c1ccc(OCC(=O)C(C)(C)C)c(C)c1. The molecule has 114 heavy (non-hydrogen) atoms. The first-order chi connectivity index (χ1) is 52.5. The van der Waals surface area contributed by atoms with E-state index in [-0.39, 0.29) is 64.9 Å². The van der Waals surface area contributed by atoms with Crippen molar-refractivity contribution >= 4 is 95.9 Å². The number of sulfonamides is 3. The summed E-state index contributed by atoms with van der Waals surface area (Å²) < 4.78 is 149. The topological polar surface area (TPSA) is 286 Å². The lowest BCUT2D eigenvalue weighted by atomic mass is 9.70. The summed E-state index contributed by atoms with van der Waals surface area (Å²) in [6.07, 6.45) is 5.08. The maximum atomic E-state index is 12.6. The van der Waals surface area contributed by atoms with Gasteiger partial charge >= 0.3 is 0 Å². The Labute approximate surface area is 690 Å². The number of ether oxygens (including phenoxy) is 3. The van der Waals surface area contributed by atoms with E-state index in [0.717, 1.165) is 105 Å². The number of carbonyl (C=O) groups is 3. The molecule has 19 nitrogen and oxygen atoms in total. The lowest BCUT2D eigenvalue weighted by Crippen LogP contribution is -2.28. The van der Waals surface area contributed by atoms with Crippen LogP contribution in [-0.4, -0.2) is 130 Å². The van der Waals surface area contributed by atoms with Crippen molar-refractivity contribution in [3.05, 3.63) is 176 Å². The minimum Gasteiger partial charge on any atom is -0.486 e. The van der Waals surface area contributed by atoms with E-state index in [4.69, 9.17) is 14.2 Å². The molecular weight excluding hydrogens is 1560 g/mol. The van der Waals surface area contributed by atoms with Gasteiger partial charge in [-0.3, -0.25) is 28.5 Å². The van der Waals surface area contributed by atoms with Crippen molar-refractivity contribution in [2.24, 2.45) is 16.2 Å². The Morgan fingerprint density at radius 1 is 0.351 bits per heavy atom. The monoisotopic (exact) mass is 1690 g/mol. The van der Waals surface area contributed by atoms with Crippen LogP contribution in [0.1, 0.15) is 244 Å². The quantitative estimate of drug-likeness (QED) is 0.0323. The van der Waals surface area contributed by atoms with Gasteiger partial charge in [0.2, 0.25) is 30.1 Å². The minimum absolute atomic E-state index is 0.0242. The number of Topliss-reactive ketones (excluding diaryl/α,β-unsaturated/α-hetero) is 3. The Balaban J connectivity index is 0.000000360. The number of nitrogens with one attached hydrogen (secondary N) is 3. The molecule has 0 radical (unpaired) electrons. The molecule has 0 aliphatic carbocycles. The van der Waals surface area contributed by atoms with Crippen molar-refractivity contribution in [1.29, 1.82) is 0 Å². The van der Waals surface area contributed by atoms with Crippen LogP contribution in [0, 0.1) is 57.8 Å². The number of benzene rings is 6. The predicted octanol–water partition coefficient (Wildman–Crippen LogP) is 18.8. The Bertz CT molecular complexity index is 4880. The maximum Gasteiger partial charge on any atom is 0.233 e. The molecule has 0 saturated carbocycles. The molecule has 0 saturated heterocycles. The van der Waals surface area contributed by atoms with Gasteiger partial charge in [-0.1, -0.05) is 197 Å². The van der Waals surface area contributed by atoms with Gasteiger partial charge in [-0.05, 0) is 202 Å². The van der Waals surface area contributed by atoms with Gasteiger partial charge in [0.25, 0.3) is 0 Å². The zero-order chi connectivity index (χ0) is 86.8. The van der Waals surface area contributed by atoms with Gasteiger partial charge in [-0.25, -0.2) is 42.1 Å². The van der Waals surface area contributed by atoms with Crippen LogP contribution in [-0.2, 0) is 80.4 Å². The molecule has 6 aromatic rings. The van der Waals surface area contributed by atoms with E-state index in [1.807, 2.05) is 171 Å². The largest absolute Gasteiger partial charge is 0.486 e. The second-order valence-electron chi connectivity index (χ2n) is 33.6. The molecule has 636 valence electrons. The number of hydrogen-bond acceptors (Lipinski definition) is 17. The molecule has 25 heteroatoms. The summed E-state index contributed by atoms with van der Waals surface area (Å²) in [5.74, 6) is 1.00. The summed E-state index contributed by atoms with van der Waals surface area (Å²) in [6.45, 7) is 50.3. The van der Waals surface area contributed by atoms with Crippen LogP contribution in [0.5, 0.6) is 17.2 Å². The third-order valence-electron chi connectivity index (χ3n) is 21.8. The van der Waals surface area contributed by atoms with E-state index < -0.39 is 94.3 Å². The van der Waals surface area contributed by atoms with Crippen molar-refractivity contribution in [1.82, 2.24) is 0 Å². The summed E-state index contributed by atoms with van der Waals surface area (Å²) in [5, 5.41) is -0.220. The minimum atomic E-state index is -3.83. The Morgan fingerprint density at radius 3 is 0.816 bits per heavy atom.